The first-order valence-electron chi connectivity index (χ1n) is 10.1. The molecule has 2 aromatic rings. The third-order valence-corrected chi connectivity index (χ3v) is 5.69. The van der Waals surface area contributed by atoms with Crippen LogP contribution >= 0.6 is 0 Å². The molecule has 0 saturated carbocycles. The Bertz CT molecular complexity index is 881. The van der Waals surface area contributed by atoms with Crippen LogP contribution in [0.25, 0.3) is 0 Å². The minimum atomic E-state index is -0.218. The fourth-order valence-corrected chi connectivity index (χ4v) is 4.22. The third-order valence-electron chi connectivity index (χ3n) is 5.69. The molecular weight excluding hydrogens is 354 g/mol. The summed E-state index contributed by atoms with van der Waals surface area (Å²) in [6.45, 7) is 4.16. The van der Waals surface area contributed by atoms with E-state index in [-0.39, 0.29) is 17.4 Å². The second-order valence-corrected chi connectivity index (χ2v) is 7.60. The maximum absolute atomic E-state index is 12.5. The Morgan fingerprint density at radius 2 is 2.18 bits per heavy atom. The Hall–Kier alpha value is -2.83. The Balaban J connectivity index is 1.22. The molecule has 1 aromatic heterocycles. The van der Waals surface area contributed by atoms with Crippen molar-refractivity contribution in [2.45, 2.75) is 25.7 Å². The van der Waals surface area contributed by atoms with Gasteiger partial charge in [0.15, 0.2) is 0 Å². The zero-order valence-corrected chi connectivity index (χ0v) is 16.1. The maximum atomic E-state index is 12.5. The predicted octanol–water partition coefficient (Wildman–Crippen LogP) is 1.56. The summed E-state index contributed by atoms with van der Waals surface area (Å²) < 4.78 is 0. The molecule has 4 rings (SSSR count). The van der Waals surface area contributed by atoms with E-state index in [1.807, 2.05) is 0 Å². The molecule has 7 heteroatoms. The number of para-hydroxylation sites is 1. The van der Waals surface area contributed by atoms with E-state index in [1.54, 1.807) is 6.20 Å². The van der Waals surface area contributed by atoms with E-state index in [4.69, 9.17) is 0 Å². The summed E-state index contributed by atoms with van der Waals surface area (Å²) >= 11 is 0. The molecule has 7 nitrogen and oxygen atoms in total. The predicted molar refractivity (Wildman–Crippen MR) is 110 cm³/mol. The van der Waals surface area contributed by atoms with E-state index in [1.165, 1.54) is 23.7 Å². The zero-order valence-electron chi connectivity index (χ0n) is 16.1. The molecule has 1 fully saturated rings. The lowest BCUT2D eigenvalue weighted by atomic mass is 10.0. The van der Waals surface area contributed by atoms with Crippen LogP contribution in [0.2, 0.25) is 0 Å². The summed E-state index contributed by atoms with van der Waals surface area (Å²) in [7, 11) is 0. The van der Waals surface area contributed by atoms with Gasteiger partial charge in [-0.15, -0.1) is 0 Å². The zero-order chi connectivity index (χ0) is 19.3. The van der Waals surface area contributed by atoms with Gasteiger partial charge in [0.05, 0.1) is 17.8 Å². The van der Waals surface area contributed by atoms with E-state index in [9.17, 15) is 9.59 Å². The fraction of sp³-hybridized carbons (Fsp3) is 0.476. The topological polar surface area (TPSA) is 81.3 Å². The van der Waals surface area contributed by atoms with Crippen molar-refractivity contribution in [3.63, 3.8) is 0 Å². The molecule has 3 heterocycles. The van der Waals surface area contributed by atoms with Gasteiger partial charge in [0.1, 0.15) is 0 Å². The largest absolute Gasteiger partial charge is 0.371 e. The van der Waals surface area contributed by atoms with Crippen LogP contribution in [0.4, 0.5) is 11.4 Å². The summed E-state index contributed by atoms with van der Waals surface area (Å²) in [6.07, 6.45) is 5.73. The number of nitrogens with one attached hydrogen (secondary N) is 2. The van der Waals surface area contributed by atoms with Crippen LogP contribution < -0.4 is 20.7 Å². The Labute approximate surface area is 164 Å². The van der Waals surface area contributed by atoms with Crippen molar-refractivity contribution in [2.75, 3.05) is 42.5 Å². The molecule has 1 aromatic carbocycles. The van der Waals surface area contributed by atoms with Crippen molar-refractivity contribution >= 4 is 17.3 Å². The average Bonchev–Trinajstić information content (AvgIpc) is 3.22. The number of benzene rings is 1. The number of H-pyrrole nitrogens is 1. The number of aromatic nitrogens is 2. The first-order chi connectivity index (χ1) is 13.7. The average molecular weight is 381 g/mol. The van der Waals surface area contributed by atoms with Crippen molar-refractivity contribution in [3.8, 4) is 0 Å². The van der Waals surface area contributed by atoms with E-state index >= 15 is 0 Å². The van der Waals surface area contributed by atoms with Gasteiger partial charge < -0.3 is 15.1 Å². The standard InChI is InChI=1S/C21H27N5O2/c27-20-13-18(14-23-24-20)26-12-8-17(15-26)21(28)22-9-4-11-25-10-3-6-16-5-1-2-7-19(16)25/h1-2,5,7,13-14,17H,3-4,6,8-12,15H2,(H,22,28)(H,24,27). The summed E-state index contributed by atoms with van der Waals surface area (Å²) in [5, 5.41) is 9.31. The van der Waals surface area contributed by atoms with E-state index in [0.717, 1.165) is 44.6 Å². The number of aromatic amines is 1. The van der Waals surface area contributed by atoms with E-state index < -0.39 is 0 Å². The molecule has 0 bridgehead atoms. The molecule has 2 N–H and O–H groups in total. The van der Waals surface area contributed by atoms with Crippen LogP contribution in [0, 0.1) is 5.92 Å². The van der Waals surface area contributed by atoms with Crippen LogP contribution in [0.5, 0.6) is 0 Å². The summed E-state index contributed by atoms with van der Waals surface area (Å²) in [6, 6.07) is 10.1. The molecule has 0 radical (unpaired) electrons. The number of amides is 1. The van der Waals surface area contributed by atoms with E-state index in [0.29, 0.717) is 13.1 Å². The Morgan fingerprint density at radius 3 is 3.07 bits per heavy atom. The fourth-order valence-electron chi connectivity index (χ4n) is 4.22. The summed E-state index contributed by atoms with van der Waals surface area (Å²) in [5.74, 6) is 0.0781. The highest BCUT2D eigenvalue weighted by Gasteiger charge is 2.28. The Morgan fingerprint density at radius 1 is 1.29 bits per heavy atom. The van der Waals surface area contributed by atoms with Gasteiger partial charge in [-0.1, -0.05) is 18.2 Å². The van der Waals surface area contributed by atoms with Crippen LogP contribution in [0.3, 0.4) is 0 Å². The van der Waals surface area contributed by atoms with Crippen molar-refractivity contribution in [1.29, 1.82) is 0 Å². The minimum Gasteiger partial charge on any atom is -0.371 e. The molecule has 2 aliphatic rings. The molecule has 28 heavy (non-hydrogen) atoms. The van der Waals surface area contributed by atoms with Crippen LogP contribution in [-0.4, -0.2) is 48.8 Å². The van der Waals surface area contributed by atoms with Gasteiger partial charge in [-0.25, -0.2) is 5.10 Å². The van der Waals surface area contributed by atoms with Gasteiger partial charge >= 0.3 is 0 Å². The monoisotopic (exact) mass is 381 g/mol. The highest BCUT2D eigenvalue weighted by Crippen LogP contribution is 2.26. The van der Waals surface area contributed by atoms with Crippen molar-refractivity contribution < 1.29 is 4.79 Å². The molecule has 1 amide bonds. The molecule has 0 spiro atoms. The van der Waals surface area contributed by atoms with Crippen LogP contribution in [0.1, 0.15) is 24.8 Å². The number of rotatable bonds is 6. The second-order valence-electron chi connectivity index (χ2n) is 7.60. The lowest BCUT2D eigenvalue weighted by molar-refractivity contribution is -0.124. The van der Waals surface area contributed by atoms with Crippen molar-refractivity contribution in [2.24, 2.45) is 5.92 Å². The smallest absolute Gasteiger partial charge is 0.266 e. The third kappa shape index (κ3) is 4.18. The number of nitrogens with zero attached hydrogens (tertiary/aromatic N) is 3. The maximum Gasteiger partial charge on any atom is 0.266 e. The normalized spacial score (nSPS) is 18.8. The number of hydrogen-bond acceptors (Lipinski definition) is 5. The first-order valence-corrected chi connectivity index (χ1v) is 10.1. The highest BCUT2D eigenvalue weighted by atomic mass is 16.2. The summed E-state index contributed by atoms with van der Waals surface area (Å²) in [4.78, 5) is 28.4. The molecule has 148 valence electrons. The molecule has 0 aliphatic carbocycles. The number of hydrogen-bond donors (Lipinski definition) is 2. The van der Waals surface area contributed by atoms with Crippen molar-refractivity contribution in [3.05, 3.63) is 52.4 Å². The number of fused-ring (bicyclic) bond motifs is 1. The Kier molecular flexibility index (Phi) is 5.60. The van der Waals surface area contributed by atoms with Gasteiger partial charge in [-0.3, -0.25) is 9.59 Å². The molecule has 2 aliphatic heterocycles. The molecular formula is C21H27N5O2. The molecule has 1 atom stereocenters. The highest BCUT2D eigenvalue weighted by molar-refractivity contribution is 5.80. The van der Waals surface area contributed by atoms with Gasteiger partial charge in [-0.2, -0.15) is 5.10 Å². The van der Waals surface area contributed by atoms with Gasteiger partial charge in [0.25, 0.3) is 5.56 Å². The number of aryl methyl sites for hydroxylation is 1. The van der Waals surface area contributed by atoms with Crippen LogP contribution in [0.15, 0.2) is 41.3 Å². The lowest BCUT2D eigenvalue weighted by Gasteiger charge is -2.31. The van der Waals surface area contributed by atoms with Gasteiger partial charge in [-0.05, 0) is 37.3 Å². The first kappa shape index (κ1) is 18.5. The lowest BCUT2D eigenvalue weighted by Crippen LogP contribution is -2.36. The number of carbonyl (C=O) groups excluding carboxylic acids is 1. The van der Waals surface area contributed by atoms with E-state index in [2.05, 4.69) is 49.6 Å². The number of carbonyl (C=O) groups is 1. The van der Waals surface area contributed by atoms with Crippen molar-refractivity contribution in [1.82, 2.24) is 15.5 Å². The van der Waals surface area contributed by atoms with Gasteiger partial charge in [0, 0.05) is 44.5 Å². The quantitative estimate of drug-likeness (QED) is 0.742. The summed E-state index contributed by atoms with van der Waals surface area (Å²) in [5.41, 5.74) is 3.34. The number of anilines is 2. The van der Waals surface area contributed by atoms with Crippen LogP contribution in [-0.2, 0) is 11.2 Å². The SMILES string of the molecule is O=C(NCCCN1CCCc2ccccc21)C1CCN(c2cn[nH]c(=O)c2)C1. The molecule has 1 saturated heterocycles. The van der Waals surface area contributed by atoms with Gasteiger partial charge in [0.2, 0.25) is 5.91 Å². The second kappa shape index (κ2) is 8.46. The molecule has 1 unspecified atom stereocenters. The minimum absolute atomic E-state index is 0.0324.